The number of carbonyl (C=O) groups is 1. The SMILES string of the molecule is Cc1ccn(-c2cc(NCCNC(=O)CCc3ccccc3)ncn2)n1. The Kier molecular flexibility index (Phi) is 5.92. The van der Waals surface area contributed by atoms with Crippen LogP contribution in [-0.2, 0) is 11.2 Å². The minimum absolute atomic E-state index is 0.0473. The van der Waals surface area contributed by atoms with Crippen molar-refractivity contribution < 1.29 is 4.79 Å². The van der Waals surface area contributed by atoms with Crippen molar-refractivity contribution in [3.05, 3.63) is 66.2 Å². The van der Waals surface area contributed by atoms with E-state index in [0.29, 0.717) is 31.1 Å². The molecular weight excluding hydrogens is 328 g/mol. The van der Waals surface area contributed by atoms with Gasteiger partial charge in [-0.25, -0.2) is 14.6 Å². The van der Waals surface area contributed by atoms with Gasteiger partial charge in [-0.05, 0) is 25.0 Å². The molecule has 0 spiro atoms. The van der Waals surface area contributed by atoms with Crippen molar-refractivity contribution in [1.82, 2.24) is 25.1 Å². The first-order chi connectivity index (χ1) is 12.7. The van der Waals surface area contributed by atoms with Crippen LogP contribution in [0.4, 0.5) is 5.82 Å². The number of hydrogen-bond donors (Lipinski definition) is 2. The van der Waals surface area contributed by atoms with Gasteiger partial charge in [-0.2, -0.15) is 5.10 Å². The molecule has 0 radical (unpaired) electrons. The lowest BCUT2D eigenvalue weighted by Gasteiger charge is -2.08. The number of aromatic nitrogens is 4. The van der Waals surface area contributed by atoms with E-state index in [1.54, 1.807) is 4.68 Å². The van der Waals surface area contributed by atoms with Crippen molar-refractivity contribution in [2.75, 3.05) is 18.4 Å². The molecular formula is C19H22N6O. The highest BCUT2D eigenvalue weighted by atomic mass is 16.1. The molecule has 1 amide bonds. The molecule has 3 aromatic rings. The third-order valence-corrected chi connectivity index (χ3v) is 3.85. The Bertz CT molecular complexity index is 846. The maximum atomic E-state index is 11.9. The molecule has 0 bridgehead atoms. The molecule has 2 N–H and O–H groups in total. The van der Waals surface area contributed by atoms with E-state index in [-0.39, 0.29) is 5.91 Å². The molecule has 0 fully saturated rings. The molecule has 0 saturated carbocycles. The Balaban J connectivity index is 1.40. The summed E-state index contributed by atoms with van der Waals surface area (Å²) < 4.78 is 1.70. The summed E-state index contributed by atoms with van der Waals surface area (Å²) in [5, 5.41) is 10.4. The molecule has 2 heterocycles. The minimum atomic E-state index is 0.0473. The number of aryl methyl sites for hydroxylation is 2. The van der Waals surface area contributed by atoms with Gasteiger partial charge >= 0.3 is 0 Å². The first-order valence-electron chi connectivity index (χ1n) is 8.60. The normalized spacial score (nSPS) is 10.5. The van der Waals surface area contributed by atoms with Gasteiger partial charge in [-0.15, -0.1) is 0 Å². The highest BCUT2D eigenvalue weighted by Gasteiger charge is 2.04. The van der Waals surface area contributed by atoms with Crippen molar-refractivity contribution in [3.8, 4) is 5.82 Å². The van der Waals surface area contributed by atoms with E-state index in [0.717, 1.165) is 12.1 Å². The molecule has 0 unspecified atom stereocenters. The first kappa shape index (κ1) is 17.6. The number of amides is 1. The number of carbonyl (C=O) groups excluding carboxylic acids is 1. The van der Waals surface area contributed by atoms with Crippen molar-refractivity contribution in [2.45, 2.75) is 19.8 Å². The van der Waals surface area contributed by atoms with E-state index in [1.165, 1.54) is 11.9 Å². The fourth-order valence-electron chi connectivity index (χ4n) is 2.50. The van der Waals surface area contributed by atoms with Gasteiger partial charge in [-0.1, -0.05) is 30.3 Å². The van der Waals surface area contributed by atoms with Crippen LogP contribution in [0.15, 0.2) is 55.0 Å². The smallest absolute Gasteiger partial charge is 0.220 e. The molecule has 0 aliphatic heterocycles. The molecule has 1 aromatic carbocycles. The van der Waals surface area contributed by atoms with Gasteiger partial charge in [0.2, 0.25) is 5.91 Å². The zero-order valence-electron chi connectivity index (χ0n) is 14.7. The van der Waals surface area contributed by atoms with E-state index in [9.17, 15) is 4.79 Å². The van der Waals surface area contributed by atoms with Crippen molar-refractivity contribution in [2.24, 2.45) is 0 Å². The predicted octanol–water partition coefficient (Wildman–Crippen LogP) is 2.13. The maximum Gasteiger partial charge on any atom is 0.220 e. The zero-order valence-corrected chi connectivity index (χ0v) is 14.7. The molecule has 26 heavy (non-hydrogen) atoms. The van der Waals surface area contributed by atoms with Crippen molar-refractivity contribution in [1.29, 1.82) is 0 Å². The minimum Gasteiger partial charge on any atom is -0.368 e. The molecule has 0 aliphatic carbocycles. The van der Waals surface area contributed by atoms with Crippen LogP contribution in [-0.4, -0.2) is 38.7 Å². The lowest BCUT2D eigenvalue weighted by molar-refractivity contribution is -0.120. The highest BCUT2D eigenvalue weighted by Crippen LogP contribution is 2.08. The summed E-state index contributed by atoms with van der Waals surface area (Å²) >= 11 is 0. The molecule has 7 heteroatoms. The van der Waals surface area contributed by atoms with Crippen LogP contribution in [0.5, 0.6) is 0 Å². The maximum absolute atomic E-state index is 11.9. The summed E-state index contributed by atoms with van der Waals surface area (Å²) in [6.45, 7) is 3.05. The molecule has 0 saturated heterocycles. The van der Waals surface area contributed by atoms with Gasteiger partial charge in [0, 0.05) is 31.8 Å². The first-order valence-corrected chi connectivity index (χ1v) is 8.60. The Hall–Kier alpha value is -3.22. The molecule has 0 atom stereocenters. The third kappa shape index (κ3) is 5.14. The monoisotopic (exact) mass is 350 g/mol. The van der Waals surface area contributed by atoms with Gasteiger partial charge < -0.3 is 10.6 Å². The zero-order chi connectivity index (χ0) is 18.2. The van der Waals surface area contributed by atoms with Crippen molar-refractivity contribution in [3.63, 3.8) is 0 Å². The molecule has 0 aliphatic rings. The second kappa shape index (κ2) is 8.75. The van der Waals surface area contributed by atoms with Gasteiger partial charge in [-0.3, -0.25) is 4.79 Å². The van der Waals surface area contributed by atoms with Crippen LogP contribution in [0.3, 0.4) is 0 Å². The van der Waals surface area contributed by atoms with Crippen molar-refractivity contribution >= 4 is 11.7 Å². The quantitative estimate of drug-likeness (QED) is 0.608. The summed E-state index contributed by atoms with van der Waals surface area (Å²) in [7, 11) is 0. The number of hydrogen-bond acceptors (Lipinski definition) is 5. The summed E-state index contributed by atoms with van der Waals surface area (Å²) in [6.07, 6.45) is 4.58. The van der Waals surface area contributed by atoms with E-state index in [2.05, 4.69) is 25.7 Å². The van der Waals surface area contributed by atoms with Crippen LogP contribution in [0.2, 0.25) is 0 Å². The Labute approximate surface area is 152 Å². The van der Waals surface area contributed by atoms with E-state index < -0.39 is 0 Å². The highest BCUT2D eigenvalue weighted by molar-refractivity contribution is 5.76. The van der Waals surface area contributed by atoms with Crippen LogP contribution >= 0.6 is 0 Å². The van der Waals surface area contributed by atoms with Crippen LogP contribution < -0.4 is 10.6 Å². The van der Waals surface area contributed by atoms with E-state index in [1.807, 2.05) is 55.6 Å². The Morgan fingerprint density at radius 1 is 1.12 bits per heavy atom. The fraction of sp³-hybridized carbons (Fsp3) is 0.263. The lowest BCUT2D eigenvalue weighted by Crippen LogP contribution is -2.29. The second-order valence-electron chi connectivity index (χ2n) is 5.93. The topological polar surface area (TPSA) is 84.7 Å². The molecule has 2 aromatic heterocycles. The molecule has 3 rings (SSSR count). The number of anilines is 1. The van der Waals surface area contributed by atoms with Gasteiger partial charge in [0.1, 0.15) is 12.1 Å². The van der Waals surface area contributed by atoms with Gasteiger partial charge in [0.25, 0.3) is 0 Å². The summed E-state index contributed by atoms with van der Waals surface area (Å²) in [4.78, 5) is 20.3. The fourth-order valence-corrected chi connectivity index (χ4v) is 2.50. The van der Waals surface area contributed by atoms with Crippen LogP contribution in [0, 0.1) is 6.92 Å². The summed E-state index contributed by atoms with van der Waals surface area (Å²) in [6, 6.07) is 13.7. The number of benzene rings is 1. The average Bonchev–Trinajstić information content (AvgIpc) is 3.11. The van der Waals surface area contributed by atoms with Gasteiger partial charge in [0.05, 0.1) is 5.69 Å². The van der Waals surface area contributed by atoms with Crippen LogP contribution in [0.25, 0.3) is 5.82 Å². The third-order valence-electron chi connectivity index (χ3n) is 3.85. The second-order valence-corrected chi connectivity index (χ2v) is 5.93. The van der Waals surface area contributed by atoms with Gasteiger partial charge in [0.15, 0.2) is 5.82 Å². The molecule has 134 valence electrons. The standard InChI is InChI=1S/C19H22N6O/c1-15-9-12-25(24-15)18-13-17(22-14-23-18)20-10-11-21-19(26)8-7-16-5-3-2-4-6-16/h2-6,9,12-14H,7-8,10-11H2,1H3,(H,21,26)(H,20,22,23). The predicted molar refractivity (Wildman–Crippen MR) is 100 cm³/mol. The number of rotatable bonds is 8. The largest absolute Gasteiger partial charge is 0.368 e. The summed E-state index contributed by atoms with van der Waals surface area (Å²) in [5.74, 6) is 1.44. The lowest BCUT2D eigenvalue weighted by atomic mass is 10.1. The van der Waals surface area contributed by atoms with Crippen LogP contribution in [0.1, 0.15) is 17.7 Å². The molecule has 7 nitrogen and oxygen atoms in total. The Morgan fingerprint density at radius 3 is 2.73 bits per heavy atom. The summed E-state index contributed by atoms with van der Waals surface area (Å²) in [5.41, 5.74) is 2.10. The number of nitrogens with one attached hydrogen (secondary N) is 2. The van der Waals surface area contributed by atoms with E-state index >= 15 is 0 Å². The average molecular weight is 350 g/mol. The number of nitrogens with zero attached hydrogens (tertiary/aromatic N) is 4. The van der Waals surface area contributed by atoms with E-state index in [4.69, 9.17) is 0 Å². The Morgan fingerprint density at radius 2 is 1.96 bits per heavy atom.